The summed E-state index contributed by atoms with van der Waals surface area (Å²) < 4.78 is 2.50. The van der Waals surface area contributed by atoms with E-state index in [1.165, 1.54) is 9.47 Å². The van der Waals surface area contributed by atoms with Crippen LogP contribution >= 0.6 is 11.6 Å². The Morgan fingerprint density at radius 3 is 2.44 bits per heavy atom. The van der Waals surface area contributed by atoms with E-state index in [2.05, 4.69) is 0 Å². The van der Waals surface area contributed by atoms with Crippen molar-refractivity contribution in [3.8, 4) is 0 Å². The van der Waals surface area contributed by atoms with Crippen molar-refractivity contribution in [1.82, 2.24) is 9.13 Å². The van der Waals surface area contributed by atoms with Gasteiger partial charge in [0.05, 0.1) is 17.4 Å². The molecule has 0 spiro atoms. The molecule has 0 aliphatic rings. The predicted molar refractivity (Wildman–Crippen MR) is 128 cm³/mol. The first kappa shape index (κ1) is 21.6. The number of para-hydroxylation sites is 1. The molecule has 3 aromatic carbocycles. The minimum Gasteiger partial charge on any atom is -0.314 e. The summed E-state index contributed by atoms with van der Waals surface area (Å²) in [5, 5.41) is 0.895. The highest BCUT2D eigenvalue weighted by Crippen LogP contribution is 2.16. The van der Waals surface area contributed by atoms with Gasteiger partial charge in [0, 0.05) is 17.8 Å². The van der Waals surface area contributed by atoms with Crippen LogP contribution in [0, 0.1) is 6.92 Å². The number of hydrogen-bond acceptors (Lipinski definition) is 3. The summed E-state index contributed by atoms with van der Waals surface area (Å²) in [7, 11) is 1.67. The van der Waals surface area contributed by atoms with E-state index in [1.807, 2.05) is 31.2 Å². The molecule has 0 radical (unpaired) electrons. The minimum atomic E-state index is -0.542. The Morgan fingerprint density at radius 2 is 1.69 bits per heavy atom. The van der Waals surface area contributed by atoms with Crippen LogP contribution in [0.4, 0.5) is 5.69 Å². The number of aryl methyl sites for hydroxylation is 1. The molecule has 1 aromatic heterocycles. The summed E-state index contributed by atoms with van der Waals surface area (Å²) >= 11 is 6.07. The molecule has 0 saturated carbocycles. The molecule has 1 heterocycles. The fourth-order valence-electron chi connectivity index (χ4n) is 3.70. The van der Waals surface area contributed by atoms with Crippen molar-refractivity contribution < 1.29 is 4.79 Å². The third-order valence-electron chi connectivity index (χ3n) is 5.42. The SMILES string of the molecule is Cc1cccc(N(C)C(=O)Cn2c(=O)n(Cc3cccc(Cl)c3)c(=O)c3ccccc32)c1. The van der Waals surface area contributed by atoms with Gasteiger partial charge < -0.3 is 4.90 Å². The molecule has 0 bridgehead atoms. The number of likely N-dealkylation sites (N-methyl/N-ethyl adjacent to an activating group) is 1. The van der Waals surface area contributed by atoms with E-state index >= 15 is 0 Å². The summed E-state index contributed by atoms with van der Waals surface area (Å²) in [6.45, 7) is 1.82. The molecule has 0 N–H and O–H groups in total. The molecule has 0 aliphatic carbocycles. The van der Waals surface area contributed by atoms with Crippen LogP contribution in [0.15, 0.2) is 82.4 Å². The van der Waals surface area contributed by atoms with Crippen molar-refractivity contribution in [2.75, 3.05) is 11.9 Å². The van der Waals surface area contributed by atoms with E-state index in [4.69, 9.17) is 11.6 Å². The van der Waals surface area contributed by atoms with Crippen molar-refractivity contribution in [3.05, 3.63) is 110 Å². The predicted octanol–water partition coefficient (Wildman–Crippen LogP) is 3.84. The van der Waals surface area contributed by atoms with Crippen LogP contribution < -0.4 is 16.1 Å². The number of fused-ring (bicyclic) bond motifs is 1. The van der Waals surface area contributed by atoms with Crippen LogP contribution in [0.25, 0.3) is 10.9 Å². The van der Waals surface area contributed by atoms with Crippen molar-refractivity contribution in [2.24, 2.45) is 0 Å². The normalized spacial score (nSPS) is 11.0. The van der Waals surface area contributed by atoms with Crippen molar-refractivity contribution in [1.29, 1.82) is 0 Å². The Morgan fingerprint density at radius 1 is 0.938 bits per heavy atom. The second-order valence-corrected chi connectivity index (χ2v) is 8.14. The van der Waals surface area contributed by atoms with Crippen molar-refractivity contribution in [3.63, 3.8) is 0 Å². The van der Waals surface area contributed by atoms with Gasteiger partial charge in [0.1, 0.15) is 6.54 Å². The summed E-state index contributed by atoms with van der Waals surface area (Å²) in [6, 6.07) is 21.4. The van der Waals surface area contributed by atoms with Gasteiger partial charge >= 0.3 is 5.69 Å². The number of rotatable bonds is 5. The zero-order valence-electron chi connectivity index (χ0n) is 17.8. The first-order valence-electron chi connectivity index (χ1n) is 10.1. The topological polar surface area (TPSA) is 64.3 Å². The maximum atomic E-state index is 13.4. The van der Waals surface area contributed by atoms with Crippen LogP contribution in [0.2, 0.25) is 5.02 Å². The molecule has 4 rings (SSSR count). The molecule has 0 unspecified atom stereocenters. The van der Waals surface area contributed by atoms with Crippen LogP contribution in [0.1, 0.15) is 11.1 Å². The highest BCUT2D eigenvalue weighted by Gasteiger charge is 2.18. The maximum absolute atomic E-state index is 13.4. The van der Waals surface area contributed by atoms with E-state index in [0.29, 0.717) is 15.9 Å². The van der Waals surface area contributed by atoms with Gasteiger partial charge in [-0.2, -0.15) is 0 Å². The number of carbonyl (C=O) groups is 1. The standard InChI is InChI=1S/C25H22ClN3O3/c1-17-7-5-10-20(13-17)27(2)23(30)16-28-22-12-4-3-11-21(22)24(31)29(25(28)32)15-18-8-6-9-19(26)14-18/h3-14H,15-16H2,1-2H3. The van der Waals surface area contributed by atoms with Gasteiger partial charge in [-0.1, -0.05) is 48.0 Å². The van der Waals surface area contributed by atoms with Crippen LogP contribution in [0.5, 0.6) is 0 Å². The third-order valence-corrected chi connectivity index (χ3v) is 5.65. The number of hydrogen-bond donors (Lipinski definition) is 0. The summed E-state index contributed by atoms with van der Waals surface area (Å²) in [6.07, 6.45) is 0. The van der Waals surface area contributed by atoms with E-state index in [0.717, 1.165) is 21.4 Å². The fourth-order valence-corrected chi connectivity index (χ4v) is 3.92. The lowest BCUT2D eigenvalue weighted by Crippen LogP contribution is -2.43. The van der Waals surface area contributed by atoms with E-state index in [-0.39, 0.29) is 19.0 Å². The molecule has 0 atom stereocenters. The smallest absolute Gasteiger partial charge is 0.314 e. The summed E-state index contributed by atoms with van der Waals surface area (Å²) in [5.74, 6) is -0.268. The Balaban J connectivity index is 1.79. The Bertz CT molecular complexity index is 1440. The van der Waals surface area contributed by atoms with E-state index in [9.17, 15) is 14.4 Å². The van der Waals surface area contributed by atoms with Gasteiger partial charge in [0.2, 0.25) is 5.91 Å². The third kappa shape index (κ3) is 4.22. The molecule has 7 heteroatoms. The number of aromatic nitrogens is 2. The average molecular weight is 448 g/mol. The summed E-state index contributed by atoms with van der Waals surface area (Å²) in [4.78, 5) is 41.0. The Labute approximate surface area is 189 Å². The molecule has 0 fully saturated rings. The van der Waals surface area contributed by atoms with Gasteiger partial charge in [0.15, 0.2) is 0 Å². The molecule has 32 heavy (non-hydrogen) atoms. The largest absolute Gasteiger partial charge is 0.332 e. The number of anilines is 1. The fraction of sp³-hybridized carbons (Fsp3) is 0.160. The molecule has 0 aliphatic heterocycles. The number of halogens is 1. The molecule has 4 aromatic rings. The second-order valence-electron chi connectivity index (χ2n) is 7.70. The van der Waals surface area contributed by atoms with Gasteiger partial charge in [-0.15, -0.1) is 0 Å². The number of amides is 1. The molecular weight excluding hydrogens is 426 g/mol. The molecule has 6 nitrogen and oxygen atoms in total. The Kier molecular flexibility index (Phi) is 5.97. The monoisotopic (exact) mass is 447 g/mol. The van der Waals surface area contributed by atoms with Crippen LogP contribution in [-0.2, 0) is 17.9 Å². The lowest BCUT2D eigenvalue weighted by Gasteiger charge is -2.20. The van der Waals surface area contributed by atoms with Crippen LogP contribution in [0.3, 0.4) is 0 Å². The first-order chi connectivity index (χ1) is 15.3. The van der Waals surface area contributed by atoms with E-state index < -0.39 is 11.2 Å². The highest BCUT2D eigenvalue weighted by atomic mass is 35.5. The average Bonchev–Trinajstić information content (AvgIpc) is 2.79. The van der Waals surface area contributed by atoms with Gasteiger partial charge in [0.25, 0.3) is 5.56 Å². The lowest BCUT2D eigenvalue weighted by atomic mass is 10.2. The van der Waals surface area contributed by atoms with Crippen molar-refractivity contribution >= 4 is 34.1 Å². The summed E-state index contributed by atoms with van der Waals surface area (Å²) in [5.41, 5.74) is 1.97. The number of nitrogens with zero attached hydrogens (tertiary/aromatic N) is 3. The van der Waals surface area contributed by atoms with Gasteiger partial charge in [-0.3, -0.25) is 18.7 Å². The van der Waals surface area contributed by atoms with E-state index in [1.54, 1.807) is 55.6 Å². The van der Waals surface area contributed by atoms with Gasteiger partial charge in [-0.05, 0) is 54.4 Å². The van der Waals surface area contributed by atoms with Gasteiger partial charge in [-0.25, -0.2) is 4.79 Å². The molecular formula is C25H22ClN3O3. The molecule has 1 amide bonds. The zero-order chi connectivity index (χ0) is 22.8. The highest BCUT2D eigenvalue weighted by molar-refractivity contribution is 6.30. The maximum Gasteiger partial charge on any atom is 0.332 e. The van der Waals surface area contributed by atoms with Crippen molar-refractivity contribution in [2.45, 2.75) is 20.0 Å². The zero-order valence-corrected chi connectivity index (χ0v) is 18.5. The lowest BCUT2D eigenvalue weighted by molar-refractivity contribution is -0.118. The molecule has 0 saturated heterocycles. The second kappa shape index (κ2) is 8.85. The first-order valence-corrected chi connectivity index (χ1v) is 10.5. The minimum absolute atomic E-state index is 0.0605. The quantitative estimate of drug-likeness (QED) is 0.467. The number of benzene rings is 3. The Hall–Kier alpha value is -3.64. The number of carbonyl (C=O) groups excluding carboxylic acids is 1. The molecule has 162 valence electrons. The van der Waals surface area contributed by atoms with Crippen LogP contribution in [-0.4, -0.2) is 22.1 Å².